The third kappa shape index (κ3) is 3.58. The Bertz CT molecular complexity index is 1010. The van der Waals surface area contributed by atoms with Gasteiger partial charge in [-0.15, -0.1) is 11.3 Å². The number of hydrogen-bond acceptors (Lipinski definition) is 5. The summed E-state index contributed by atoms with van der Waals surface area (Å²) in [5, 5.41) is 1.61. The van der Waals surface area contributed by atoms with Gasteiger partial charge >= 0.3 is 0 Å². The third-order valence-corrected chi connectivity index (χ3v) is 6.96. The van der Waals surface area contributed by atoms with Crippen LogP contribution in [0.3, 0.4) is 0 Å². The molecule has 0 unspecified atom stereocenters. The number of benzene rings is 1. The summed E-state index contributed by atoms with van der Waals surface area (Å²) in [6.07, 6.45) is 3.79. The molecule has 0 radical (unpaired) electrons. The summed E-state index contributed by atoms with van der Waals surface area (Å²) in [4.78, 5) is 20.3. The smallest absolute Gasteiger partial charge is 0.263 e. The van der Waals surface area contributed by atoms with Gasteiger partial charge in [-0.3, -0.25) is 9.36 Å². The number of ether oxygens (including phenoxy) is 1. The summed E-state index contributed by atoms with van der Waals surface area (Å²) < 4.78 is 7.85. The van der Waals surface area contributed by atoms with Crippen molar-refractivity contribution < 1.29 is 4.74 Å². The lowest BCUT2D eigenvalue weighted by Gasteiger charge is -2.26. The van der Waals surface area contributed by atoms with E-state index in [1.165, 1.54) is 27.8 Å². The van der Waals surface area contributed by atoms with Crippen molar-refractivity contribution in [3.8, 4) is 0 Å². The standard InChI is InChI=1S/C21H24N2O2S2/c1-13(2)16-11-15-17(12-25-16)27-19-18(15)20(24)23(21(22-19)26-3)10-9-14-7-5-4-6-8-14/h4-8,13,16H,9-12H2,1-3H3/t16-/m1/s1. The van der Waals surface area contributed by atoms with Crippen molar-refractivity contribution in [3.63, 3.8) is 0 Å². The number of nitrogens with zero attached hydrogens (tertiary/aromatic N) is 2. The van der Waals surface area contributed by atoms with Gasteiger partial charge in [-0.1, -0.05) is 55.9 Å². The molecule has 3 aromatic rings. The molecule has 6 heteroatoms. The van der Waals surface area contributed by atoms with Crippen LogP contribution in [0, 0.1) is 5.92 Å². The summed E-state index contributed by atoms with van der Waals surface area (Å²) in [7, 11) is 0. The highest BCUT2D eigenvalue weighted by molar-refractivity contribution is 7.98. The fraction of sp³-hybridized carbons (Fsp3) is 0.429. The second kappa shape index (κ2) is 7.78. The van der Waals surface area contributed by atoms with E-state index in [9.17, 15) is 4.79 Å². The van der Waals surface area contributed by atoms with Crippen LogP contribution in [-0.2, 0) is 30.7 Å². The van der Waals surface area contributed by atoms with E-state index in [2.05, 4.69) is 26.0 Å². The van der Waals surface area contributed by atoms with Crippen LogP contribution in [0.15, 0.2) is 40.3 Å². The van der Waals surface area contributed by atoms with Crippen molar-refractivity contribution in [1.82, 2.24) is 9.55 Å². The van der Waals surface area contributed by atoms with E-state index in [4.69, 9.17) is 9.72 Å². The van der Waals surface area contributed by atoms with Gasteiger partial charge in [-0.25, -0.2) is 4.98 Å². The number of aromatic nitrogens is 2. The van der Waals surface area contributed by atoms with Gasteiger partial charge < -0.3 is 4.74 Å². The minimum Gasteiger partial charge on any atom is -0.372 e. The Labute approximate surface area is 167 Å². The first-order valence-corrected chi connectivity index (χ1v) is 11.4. The van der Waals surface area contributed by atoms with Crippen LogP contribution >= 0.6 is 23.1 Å². The van der Waals surface area contributed by atoms with Gasteiger partial charge in [0.25, 0.3) is 5.56 Å². The van der Waals surface area contributed by atoms with Crippen molar-refractivity contribution in [2.24, 2.45) is 5.92 Å². The second-order valence-corrected chi connectivity index (χ2v) is 9.13. The maximum atomic E-state index is 13.4. The van der Waals surface area contributed by atoms with E-state index in [0.29, 0.717) is 19.1 Å². The molecule has 0 amide bonds. The molecule has 4 nitrogen and oxygen atoms in total. The maximum absolute atomic E-state index is 13.4. The van der Waals surface area contributed by atoms with Crippen LogP contribution in [0.4, 0.5) is 0 Å². The Kier molecular flexibility index (Phi) is 5.39. The molecule has 0 fully saturated rings. The average molecular weight is 401 g/mol. The summed E-state index contributed by atoms with van der Waals surface area (Å²) in [5.41, 5.74) is 2.50. The zero-order valence-corrected chi connectivity index (χ0v) is 17.5. The quantitative estimate of drug-likeness (QED) is 0.467. The molecule has 0 saturated carbocycles. The van der Waals surface area contributed by atoms with E-state index in [-0.39, 0.29) is 11.7 Å². The van der Waals surface area contributed by atoms with Gasteiger partial charge in [0.15, 0.2) is 5.16 Å². The maximum Gasteiger partial charge on any atom is 0.263 e. The molecule has 0 spiro atoms. The molecule has 142 valence electrons. The minimum atomic E-state index is 0.0992. The summed E-state index contributed by atoms with van der Waals surface area (Å²) in [5.74, 6) is 0.437. The number of thiophene rings is 1. The molecule has 27 heavy (non-hydrogen) atoms. The molecule has 0 bridgehead atoms. The van der Waals surface area contributed by atoms with Crippen LogP contribution in [0.1, 0.15) is 29.9 Å². The topological polar surface area (TPSA) is 44.1 Å². The Morgan fingerprint density at radius 3 is 2.81 bits per heavy atom. The van der Waals surface area contributed by atoms with Crippen LogP contribution in [-0.4, -0.2) is 21.9 Å². The Morgan fingerprint density at radius 2 is 2.11 bits per heavy atom. The lowest BCUT2D eigenvalue weighted by atomic mass is 9.96. The van der Waals surface area contributed by atoms with Gasteiger partial charge in [-0.05, 0) is 29.7 Å². The summed E-state index contributed by atoms with van der Waals surface area (Å²) in [6.45, 7) is 5.59. The molecular formula is C21H24N2O2S2. The molecule has 1 aliphatic rings. The van der Waals surface area contributed by atoms with E-state index in [1.54, 1.807) is 11.3 Å². The van der Waals surface area contributed by atoms with Crippen LogP contribution in [0.2, 0.25) is 0 Å². The first kappa shape index (κ1) is 18.7. The Morgan fingerprint density at radius 1 is 1.33 bits per heavy atom. The van der Waals surface area contributed by atoms with Crippen LogP contribution in [0.5, 0.6) is 0 Å². The molecule has 1 atom stereocenters. The van der Waals surface area contributed by atoms with Crippen molar-refractivity contribution in [3.05, 3.63) is 56.7 Å². The Hall–Kier alpha value is -1.63. The van der Waals surface area contributed by atoms with Crippen molar-refractivity contribution in [2.45, 2.75) is 51.1 Å². The van der Waals surface area contributed by atoms with Gasteiger partial charge in [0.05, 0.1) is 18.1 Å². The molecule has 4 rings (SSSR count). The fourth-order valence-electron chi connectivity index (χ4n) is 3.61. The molecular weight excluding hydrogens is 376 g/mol. The molecule has 1 aliphatic heterocycles. The highest BCUT2D eigenvalue weighted by Gasteiger charge is 2.28. The monoisotopic (exact) mass is 400 g/mol. The summed E-state index contributed by atoms with van der Waals surface area (Å²) >= 11 is 3.16. The molecule has 0 N–H and O–H groups in total. The highest BCUT2D eigenvalue weighted by Crippen LogP contribution is 2.35. The number of thioether (sulfide) groups is 1. The number of aryl methyl sites for hydroxylation is 1. The van der Waals surface area contributed by atoms with E-state index >= 15 is 0 Å². The molecule has 0 aliphatic carbocycles. The Balaban J connectivity index is 1.76. The van der Waals surface area contributed by atoms with Crippen LogP contribution in [0.25, 0.3) is 10.2 Å². The zero-order valence-electron chi connectivity index (χ0n) is 15.9. The molecule has 2 aromatic heterocycles. The fourth-order valence-corrected chi connectivity index (χ4v) is 5.36. The van der Waals surface area contributed by atoms with E-state index in [0.717, 1.165) is 28.2 Å². The van der Waals surface area contributed by atoms with Crippen molar-refractivity contribution in [2.75, 3.05) is 6.26 Å². The van der Waals surface area contributed by atoms with E-state index in [1.807, 2.05) is 29.0 Å². The second-order valence-electron chi connectivity index (χ2n) is 7.27. The van der Waals surface area contributed by atoms with Gasteiger partial charge in [0.1, 0.15) is 4.83 Å². The number of fused-ring (bicyclic) bond motifs is 3. The van der Waals surface area contributed by atoms with Crippen LogP contribution < -0.4 is 5.56 Å². The molecule has 1 aromatic carbocycles. The first-order chi connectivity index (χ1) is 13.1. The summed E-state index contributed by atoms with van der Waals surface area (Å²) in [6, 6.07) is 10.3. The molecule has 3 heterocycles. The van der Waals surface area contributed by atoms with Gasteiger partial charge in [0, 0.05) is 17.8 Å². The predicted molar refractivity (Wildman–Crippen MR) is 113 cm³/mol. The average Bonchev–Trinajstić information content (AvgIpc) is 3.05. The largest absolute Gasteiger partial charge is 0.372 e. The normalized spacial score (nSPS) is 16.8. The molecule has 0 saturated heterocycles. The predicted octanol–water partition coefficient (Wildman–Crippen LogP) is 4.52. The highest BCUT2D eigenvalue weighted by atomic mass is 32.2. The van der Waals surface area contributed by atoms with Crippen molar-refractivity contribution in [1.29, 1.82) is 0 Å². The first-order valence-electron chi connectivity index (χ1n) is 9.33. The minimum absolute atomic E-state index is 0.0992. The third-order valence-electron chi connectivity index (χ3n) is 5.19. The lowest BCUT2D eigenvalue weighted by Crippen LogP contribution is -2.28. The lowest BCUT2D eigenvalue weighted by molar-refractivity contribution is 0.00200. The van der Waals surface area contributed by atoms with Gasteiger partial charge in [-0.2, -0.15) is 0 Å². The SMILES string of the molecule is CSc1nc2sc3c(c2c(=O)n1CCc1ccccc1)C[C@H](C(C)C)OC3. The van der Waals surface area contributed by atoms with Gasteiger partial charge in [0.2, 0.25) is 0 Å². The number of hydrogen-bond donors (Lipinski definition) is 0. The number of rotatable bonds is 5. The van der Waals surface area contributed by atoms with Crippen molar-refractivity contribution >= 4 is 33.3 Å². The van der Waals surface area contributed by atoms with E-state index < -0.39 is 0 Å². The zero-order chi connectivity index (χ0) is 19.0.